The van der Waals surface area contributed by atoms with Gasteiger partial charge < -0.3 is 4.57 Å². The van der Waals surface area contributed by atoms with Crippen LogP contribution in [0.1, 0.15) is 18.2 Å². The van der Waals surface area contributed by atoms with E-state index in [1.807, 2.05) is 30.0 Å². The third-order valence-electron chi connectivity index (χ3n) is 3.08. The molecular weight excluding hydrogens is 278 g/mol. The van der Waals surface area contributed by atoms with Crippen LogP contribution >= 0.6 is 11.8 Å². The molecule has 0 saturated heterocycles. The normalized spacial score (nSPS) is 11.4. The highest BCUT2D eigenvalue weighted by molar-refractivity contribution is 7.99. The van der Waals surface area contributed by atoms with Crippen molar-refractivity contribution < 1.29 is 0 Å². The van der Waals surface area contributed by atoms with E-state index >= 15 is 0 Å². The molecule has 3 nitrogen and oxygen atoms in total. The van der Waals surface area contributed by atoms with Gasteiger partial charge in [0, 0.05) is 18.8 Å². The minimum absolute atomic E-state index is 0.902. The number of aryl methyl sites for hydroxylation is 2. The molecule has 0 aliphatic carbocycles. The lowest BCUT2D eigenvalue weighted by atomic mass is 10.2. The third-order valence-corrected chi connectivity index (χ3v) is 4.21. The smallest absolute Gasteiger partial charge is 0.109 e. The minimum atomic E-state index is 0.902. The van der Waals surface area contributed by atoms with Crippen molar-refractivity contribution in [2.75, 3.05) is 0 Å². The van der Waals surface area contributed by atoms with Gasteiger partial charge in [0.15, 0.2) is 0 Å². The maximum Gasteiger partial charge on any atom is 0.109 e. The summed E-state index contributed by atoms with van der Waals surface area (Å²) in [5.41, 5.74) is 3.10. The summed E-state index contributed by atoms with van der Waals surface area (Å²) in [5.74, 6) is 0. The topological polar surface area (TPSA) is 30.7 Å². The van der Waals surface area contributed by atoms with E-state index in [1.165, 1.54) is 5.56 Å². The first-order valence-corrected chi connectivity index (χ1v) is 7.60. The van der Waals surface area contributed by atoms with E-state index in [1.54, 1.807) is 30.2 Å². The summed E-state index contributed by atoms with van der Waals surface area (Å²) < 4.78 is 2.00. The first kappa shape index (κ1) is 15.3. The average molecular weight is 297 g/mol. The van der Waals surface area contributed by atoms with Crippen LogP contribution in [0.4, 0.5) is 0 Å². The first-order chi connectivity index (χ1) is 10.2. The van der Waals surface area contributed by atoms with Gasteiger partial charge in [0.25, 0.3) is 0 Å². The highest BCUT2D eigenvalue weighted by atomic mass is 32.2. The fourth-order valence-electron chi connectivity index (χ4n) is 1.89. The Hall–Kier alpha value is -2.07. The minimum Gasteiger partial charge on any atom is -0.328 e. The van der Waals surface area contributed by atoms with Crippen molar-refractivity contribution in [3.63, 3.8) is 0 Å². The van der Waals surface area contributed by atoms with Crippen molar-refractivity contribution in [3.8, 4) is 0 Å². The van der Waals surface area contributed by atoms with Gasteiger partial charge >= 0.3 is 0 Å². The lowest BCUT2D eigenvalue weighted by Crippen LogP contribution is -1.92. The number of imidazole rings is 1. The molecule has 2 aromatic rings. The maximum atomic E-state index is 4.49. The Morgan fingerprint density at radius 2 is 2.14 bits per heavy atom. The van der Waals surface area contributed by atoms with Crippen LogP contribution in [0.5, 0.6) is 0 Å². The van der Waals surface area contributed by atoms with E-state index in [4.69, 9.17) is 0 Å². The number of hydrogen-bond donors (Lipinski definition) is 0. The van der Waals surface area contributed by atoms with Gasteiger partial charge in [0.1, 0.15) is 15.7 Å². The number of nitrogens with zero attached hydrogens (tertiary/aromatic N) is 3. The van der Waals surface area contributed by atoms with Crippen LogP contribution in [0.3, 0.4) is 0 Å². The van der Waals surface area contributed by atoms with Crippen LogP contribution in [0.2, 0.25) is 0 Å². The van der Waals surface area contributed by atoms with Crippen molar-refractivity contribution in [2.45, 2.75) is 23.4 Å². The quantitative estimate of drug-likeness (QED) is 0.745. The standard InChI is InChI=1S/C17H19N3S/c1-5-8-14(7-3)16-17(20(4)12-19-16)21-15-10-9-13(6-2)11-18-15/h5,7-12H,1,3,6H2,2,4H3/b14-8+. The van der Waals surface area contributed by atoms with Gasteiger partial charge in [0.05, 0.1) is 6.33 Å². The molecule has 0 saturated carbocycles. The molecule has 2 rings (SSSR count). The highest BCUT2D eigenvalue weighted by Crippen LogP contribution is 2.32. The van der Waals surface area contributed by atoms with Gasteiger partial charge in [-0.1, -0.05) is 44.4 Å². The van der Waals surface area contributed by atoms with Crippen LogP contribution in [0, 0.1) is 0 Å². The van der Waals surface area contributed by atoms with Gasteiger partial charge in [-0.2, -0.15) is 0 Å². The van der Waals surface area contributed by atoms with E-state index in [0.717, 1.165) is 27.7 Å². The number of allylic oxidation sites excluding steroid dienone is 4. The molecule has 0 bridgehead atoms. The molecule has 2 heterocycles. The predicted octanol–water partition coefficient (Wildman–Crippen LogP) is 4.28. The summed E-state index contributed by atoms with van der Waals surface area (Å²) in [6, 6.07) is 4.16. The van der Waals surface area contributed by atoms with Gasteiger partial charge in [-0.05, 0) is 29.8 Å². The summed E-state index contributed by atoms with van der Waals surface area (Å²) in [6.07, 6.45) is 10.2. The van der Waals surface area contributed by atoms with Crippen LogP contribution < -0.4 is 0 Å². The molecule has 0 atom stereocenters. The van der Waals surface area contributed by atoms with E-state index in [9.17, 15) is 0 Å². The van der Waals surface area contributed by atoms with Gasteiger partial charge in [0.2, 0.25) is 0 Å². The molecule has 108 valence electrons. The number of hydrogen-bond acceptors (Lipinski definition) is 3. The fraction of sp³-hybridized carbons (Fsp3) is 0.176. The summed E-state index contributed by atoms with van der Waals surface area (Å²) in [5, 5.41) is 2.00. The lowest BCUT2D eigenvalue weighted by molar-refractivity contribution is 0.820. The number of aromatic nitrogens is 3. The van der Waals surface area contributed by atoms with E-state index < -0.39 is 0 Å². The van der Waals surface area contributed by atoms with E-state index in [0.29, 0.717) is 0 Å². The molecular formula is C17H19N3S. The molecule has 0 spiro atoms. The zero-order chi connectivity index (χ0) is 15.2. The molecule has 0 aliphatic heterocycles. The predicted molar refractivity (Wildman–Crippen MR) is 89.3 cm³/mol. The van der Waals surface area contributed by atoms with E-state index in [2.05, 4.69) is 36.1 Å². The van der Waals surface area contributed by atoms with Crippen LogP contribution in [-0.2, 0) is 13.5 Å². The molecule has 0 amide bonds. The SMILES string of the molecule is C=C/C=C(\C=C)c1ncn(C)c1Sc1ccc(CC)cn1. The molecule has 0 aromatic carbocycles. The monoisotopic (exact) mass is 297 g/mol. The molecule has 4 heteroatoms. The van der Waals surface area contributed by atoms with Gasteiger partial charge in [-0.25, -0.2) is 9.97 Å². The van der Waals surface area contributed by atoms with Gasteiger partial charge in [-0.15, -0.1) is 0 Å². The zero-order valence-corrected chi connectivity index (χ0v) is 13.2. The second kappa shape index (κ2) is 7.09. The Bertz CT molecular complexity index is 666. The van der Waals surface area contributed by atoms with Crippen molar-refractivity contribution in [3.05, 3.63) is 67.3 Å². The van der Waals surface area contributed by atoms with E-state index in [-0.39, 0.29) is 0 Å². The Labute approximate surface area is 130 Å². The number of pyridine rings is 1. The molecule has 0 fully saturated rings. The van der Waals surface area contributed by atoms with Crippen LogP contribution in [0.25, 0.3) is 5.57 Å². The second-order valence-electron chi connectivity index (χ2n) is 4.53. The molecule has 0 aliphatic rings. The van der Waals surface area contributed by atoms with Crippen LogP contribution in [0.15, 0.2) is 66.1 Å². The molecule has 0 N–H and O–H groups in total. The summed E-state index contributed by atoms with van der Waals surface area (Å²) in [4.78, 5) is 8.96. The second-order valence-corrected chi connectivity index (χ2v) is 5.54. The van der Waals surface area contributed by atoms with Crippen molar-refractivity contribution >= 4 is 17.3 Å². The van der Waals surface area contributed by atoms with Crippen molar-refractivity contribution in [2.24, 2.45) is 7.05 Å². The lowest BCUT2D eigenvalue weighted by Gasteiger charge is -2.06. The Morgan fingerprint density at radius 1 is 1.33 bits per heavy atom. The van der Waals surface area contributed by atoms with Crippen molar-refractivity contribution in [1.82, 2.24) is 14.5 Å². The van der Waals surface area contributed by atoms with Crippen LogP contribution in [-0.4, -0.2) is 14.5 Å². The molecule has 0 radical (unpaired) electrons. The molecule has 2 aromatic heterocycles. The highest BCUT2D eigenvalue weighted by Gasteiger charge is 2.13. The average Bonchev–Trinajstić information content (AvgIpc) is 2.87. The maximum absolute atomic E-state index is 4.49. The fourth-order valence-corrected chi connectivity index (χ4v) is 2.79. The largest absolute Gasteiger partial charge is 0.328 e. The molecule has 0 unspecified atom stereocenters. The van der Waals surface area contributed by atoms with Gasteiger partial charge in [-0.3, -0.25) is 0 Å². The summed E-state index contributed by atoms with van der Waals surface area (Å²) in [7, 11) is 1.98. The molecule has 21 heavy (non-hydrogen) atoms. The number of rotatable bonds is 6. The first-order valence-electron chi connectivity index (χ1n) is 6.79. The Kier molecular flexibility index (Phi) is 5.17. The summed E-state index contributed by atoms with van der Waals surface area (Å²) in [6.45, 7) is 9.71. The Morgan fingerprint density at radius 3 is 2.71 bits per heavy atom. The Balaban J connectivity index is 2.35. The summed E-state index contributed by atoms with van der Waals surface area (Å²) >= 11 is 1.60. The van der Waals surface area contributed by atoms with Crippen molar-refractivity contribution in [1.29, 1.82) is 0 Å². The third kappa shape index (κ3) is 3.52. The zero-order valence-electron chi connectivity index (χ0n) is 12.4.